The molecule has 5 heteroatoms. The smallest absolute Gasteiger partial charge is 0.201 e. The third-order valence-corrected chi connectivity index (χ3v) is 6.60. The van der Waals surface area contributed by atoms with Gasteiger partial charge < -0.3 is 9.47 Å². The summed E-state index contributed by atoms with van der Waals surface area (Å²) in [6, 6.07) is 15.0. The number of hydrogen-bond acceptors (Lipinski definition) is 2. The van der Waals surface area contributed by atoms with E-state index in [1.54, 1.807) is 42.5 Å². The van der Waals surface area contributed by atoms with Crippen molar-refractivity contribution in [1.82, 2.24) is 0 Å². The molecule has 0 saturated carbocycles. The first-order valence-electron chi connectivity index (χ1n) is 12.3. The van der Waals surface area contributed by atoms with Crippen molar-refractivity contribution in [3.05, 3.63) is 90.3 Å². The van der Waals surface area contributed by atoms with Gasteiger partial charge in [0, 0.05) is 17.0 Å². The molecule has 2 nitrogen and oxygen atoms in total. The SMILES string of the molecule is C=CC1CCC(c2ccc(-c3ccc(-c4ccc(OCCCCC)c(F)c4F)cc3)c(F)c2)CO1. The van der Waals surface area contributed by atoms with Crippen LogP contribution in [0.2, 0.25) is 0 Å². The topological polar surface area (TPSA) is 18.5 Å². The minimum atomic E-state index is -0.990. The summed E-state index contributed by atoms with van der Waals surface area (Å²) in [5.74, 6) is -2.17. The largest absolute Gasteiger partial charge is 0.490 e. The van der Waals surface area contributed by atoms with Gasteiger partial charge in [0.2, 0.25) is 5.82 Å². The van der Waals surface area contributed by atoms with Gasteiger partial charge in [-0.2, -0.15) is 4.39 Å². The third-order valence-electron chi connectivity index (χ3n) is 6.60. The quantitative estimate of drug-likeness (QED) is 0.226. The lowest BCUT2D eigenvalue weighted by molar-refractivity contribution is 0.0328. The molecule has 3 aromatic rings. The highest BCUT2D eigenvalue weighted by atomic mass is 19.2. The Morgan fingerprint density at radius 2 is 1.63 bits per heavy atom. The summed E-state index contributed by atoms with van der Waals surface area (Å²) in [5, 5.41) is 0. The van der Waals surface area contributed by atoms with Crippen LogP contribution in [0.4, 0.5) is 13.2 Å². The van der Waals surface area contributed by atoms with E-state index in [-0.39, 0.29) is 29.2 Å². The van der Waals surface area contributed by atoms with Crippen molar-refractivity contribution in [2.45, 2.75) is 51.0 Å². The molecule has 2 atom stereocenters. The summed E-state index contributed by atoms with van der Waals surface area (Å²) in [6.45, 7) is 6.73. The van der Waals surface area contributed by atoms with Crippen LogP contribution in [0.3, 0.4) is 0 Å². The number of ether oxygens (including phenoxy) is 2. The van der Waals surface area contributed by atoms with Gasteiger partial charge in [0.05, 0.1) is 19.3 Å². The van der Waals surface area contributed by atoms with Crippen LogP contribution in [-0.4, -0.2) is 19.3 Å². The van der Waals surface area contributed by atoms with Crippen LogP contribution in [-0.2, 0) is 4.74 Å². The number of unbranched alkanes of at least 4 members (excludes halogenated alkanes) is 2. The van der Waals surface area contributed by atoms with Crippen molar-refractivity contribution < 1.29 is 22.6 Å². The van der Waals surface area contributed by atoms with Crippen LogP contribution in [0.15, 0.2) is 67.3 Å². The van der Waals surface area contributed by atoms with Crippen LogP contribution in [0, 0.1) is 17.5 Å². The first-order valence-corrected chi connectivity index (χ1v) is 12.3. The lowest BCUT2D eigenvalue weighted by atomic mass is 9.90. The Labute approximate surface area is 205 Å². The predicted molar refractivity (Wildman–Crippen MR) is 134 cm³/mol. The molecule has 1 aliphatic heterocycles. The molecule has 4 rings (SSSR count). The molecule has 2 unspecified atom stereocenters. The first kappa shape index (κ1) is 25.1. The second kappa shape index (κ2) is 11.6. The first-order chi connectivity index (χ1) is 17.0. The number of benzene rings is 3. The Morgan fingerprint density at radius 3 is 2.26 bits per heavy atom. The van der Waals surface area contributed by atoms with Gasteiger partial charge in [0.25, 0.3) is 0 Å². The van der Waals surface area contributed by atoms with Gasteiger partial charge in [-0.15, -0.1) is 6.58 Å². The number of halogens is 3. The third kappa shape index (κ3) is 5.79. The monoisotopic (exact) mass is 480 g/mol. The van der Waals surface area contributed by atoms with Crippen molar-refractivity contribution in [3.63, 3.8) is 0 Å². The number of rotatable bonds is 9. The molecule has 0 N–H and O–H groups in total. The Morgan fingerprint density at radius 1 is 0.914 bits per heavy atom. The lowest BCUT2D eigenvalue weighted by Gasteiger charge is -2.27. The fraction of sp³-hybridized carbons (Fsp3) is 0.333. The summed E-state index contributed by atoms with van der Waals surface area (Å²) in [4.78, 5) is 0. The Bertz CT molecular complexity index is 1150. The van der Waals surface area contributed by atoms with E-state index < -0.39 is 11.6 Å². The minimum absolute atomic E-state index is 0.0710. The zero-order valence-electron chi connectivity index (χ0n) is 20.0. The average molecular weight is 481 g/mol. The van der Waals surface area contributed by atoms with Crippen molar-refractivity contribution in [1.29, 1.82) is 0 Å². The summed E-state index contributed by atoms with van der Waals surface area (Å²) in [5.41, 5.74) is 2.70. The van der Waals surface area contributed by atoms with E-state index in [0.29, 0.717) is 29.9 Å². The van der Waals surface area contributed by atoms with Crippen molar-refractivity contribution in [2.75, 3.05) is 13.2 Å². The highest BCUT2D eigenvalue weighted by Gasteiger charge is 2.22. The average Bonchev–Trinajstić information content (AvgIpc) is 2.89. The van der Waals surface area contributed by atoms with Crippen LogP contribution >= 0.6 is 0 Å². The summed E-state index contributed by atoms with van der Waals surface area (Å²) < 4.78 is 55.4. The predicted octanol–water partition coefficient (Wildman–Crippen LogP) is 8.46. The summed E-state index contributed by atoms with van der Waals surface area (Å²) in [6.07, 6.45) is 6.47. The van der Waals surface area contributed by atoms with Crippen molar-refractivity contribution in [2.24, 2.45) is 0 Å². The van der Waals surface area contributed by atoms with E-state index in [4.69, 9.17) is 9.47 Å². The van der Waals surface area contributed by atoms with Gasteiger partial charge in [-0.1, -0.05) is 62.2 Å². The zero-order valence-corrected chi connectivity index (χ0v) is 20.0. The van der Waals surface area contributed by atoms with Gasteiger partial charge in [-0.3, -0.25) is 0 Å². The van der Waals surface area contributed by atoms with E-state index in [1.807, 2.05) is 6.07 Å². The molecular formula is C30H31F3O2. The summed E-state index contributed by atoms with van der Waals surface area (Å²) >= 11 is 0. The molecule has 1 fully saturated rings. The molecule has 0 amide bonds. The standard InChI is InChI=1S/C30H31F3O2/c1-3-5-6-17-34-28-16-15-26(29(32)30(28)33)21-9-7-20(8-10-21)25-14-12-22(18-27(25)31)23-11-13-24(4-2)35-19-23/h4,7-10,12,14-16,18,23-24H,2-3,5-6,11,13,17,19H2,1H3. The second-order valence-corrected chi connectivity index (χ2v) is 8.99. The van der Waals surface area contributed by atoms with Gasteiger partial charge in [-0.05, 0) is 54.2 Å². The maximum atomic E-state index is 15.0. The Kier molecular flexibility index (Phi) is 8.29. The maximum absolute atomic E-state index is 15.0. The molecule has 35 heavy (non-hydrogen) atoms. The molecule has 1 heterocycles. The van der Waals surface area contributed by atoms with Crippen LogP contribution in [0.25, 0.3) is 22.3 Å². The van der Waals surface area contributed by atoms with Gasteiger partial charge in [-0.25, -0.2) is 8.78 Å². The normalized spacial score (nSPS) is 17.8. The molecule has 0 aliphatic carbocycles. The molecule has 1 saturated heterocycles. The van der Waals surface area contributed by atoms with Gasteiger partial charge in [0.15, 0.2) is 11.6 Å². The molecule has 0 aromatic heterocycles. The highest BCUT2D eigenvalue weighted by molar-refractivity contribution is 5.71. The Hall–Kier alpha value is -3.05. The van der Waals surface area contributed by atoms with E-state index in [0.717, 1.165) is 37.7 Å². The van der Waals surface area contributed by atoms with Crippen LogP contribution in [0.1, 0.15) is 50.5 Å². The fourth-order valence-electron chi connectivity index (χ4n) is 4.47. The molecule has 184 valence electrons. The molecule has 0 radical (unpaired) electrons. The van der Waals surface area contributed by atoms with Crippen molar-refractivity contribution in [3.8, 4) is 28.0 Å². The van der Waals surface area contributed by atoms with Gasteiger partial charge in [0.1, 0.15) is 5.82 Å². The fourth-order valence-corrected chi connectivity index (χ4v) is 4.47. The Balaban J connectivity index is 1.48. The van der Waals surface area contributed by atoms with Gasteiger partial charge >= 0.3 is 0 Å². The summed E-state index contributed by atoms with van der Waals surface area (Å²) in [7, 11) is 0. The van der Waals surface area contributed by atoms with E-state index in [1.165, 1.54) is 12.1 Å². The second-order valence-electron chi connectivity index (χ2n) is 8.99. The van der Waals surface area contributed by atoms with E-state index in [9.17, 15) is 13.2 Å². The zero-order chi connectivity index (χ0) is 24.8. The lowest BCUT2D eigenvalue weighted by Crippen LogP contribution is -2.23. The molecule has 0 bridgehead atoms. The number of hydrogen-bond donors (Lipinski definition) is 0. The minimum Gasteiger partial charge on any atom is -0.490 e. The highest BCUT2D eigenvalue weighted by Crippen LogP contribution is 2.34. The van der Waals surface area contributed by atoms with Crippen LogP contribution < -0.4 is 4.74 Å². The van der Waals surface area contributed by atoms with Crippen LogP contribution in [0.5, 0.6) is 5.75 Å². The van der Waals surface area contributed by atoms with E-state index in [2.05, 4.69) is 13.5 Å². The maximum Gasteiger partial charge on any atom is 0.201 e. The molecule has 3 aromatic carbocycles. The van der Waals surface area contributed by atoms with Crippen molar-refractivity contribution >= 4 is 0 Å². The molecule has 0 spiro atoms. The molecular weight excluding hydrogens is 449 g/mol. The van der Waals surface area contributed by atoms with E-state index >= 15 is 0 Å². The molecule has 1 aliphatic rings.